The summed E-state index contributed by atoms with van der Waals surface area (Å²) in [6.45, 7) is 0.707. The fourth-order valence-electron chi connectivity index (χ4n) is 1.07. The topological polar surface area (TPSA) is 67.8 Å². The van der Waals surface area contributed by atoms with Crippen LogP contribution in [0.5, 0.6) is 0 Å². The van der Waals surface area contributed by atoms with Crippen LogP contribution < -0.4 is 5.73 Å². The van der Waals surface area contributed by atoms with Crippen LogP contribution in [0.25, 0.3) is 0 Å². The molecule has 0 aliphatic rings. The van der Waals surface area contributed by atoms with Crippen molar-refractivity contribution in [2.24, 2.45) is 10.9 Å². The third-order valence-corrected chi connectivity index (χ3v) is 3.84. The minimum Gasteiger partial charge on any atom is -0.409 e. The van der Waals surface area contributed by atoms with E-state index in [0.717, 1.165) is 15.1 Å². The second-order valence-corrected chi connectivity index (χ2v) is 4.96. The van der Waals surface area contributed by atoms with Gasteiger partial charge in [0.1, 0.15) is 0 Å². The lowest BCUT2D eigenvalue weighted by Gasteiger charge is -2.06. The highest BCUT2D eigenvalue weighted by Gasteiger charge is 2.04. The van der Waals surface area contributed by atoms with Gasteiger partial charge in [-0.05, 0) is 34.1 Å². The van der Waals surface area contributed by atoms with E-state index in [9.17, 15) is 0 Å². The fraction of sp³-hybridized carbons (Fsp3) is 0.300. The summed E-state index contributed by atoms with van der Waals surface area (Å²) in [5, 5.41) is 11.5. The first-order chi connectivity index (χ1) is 7.69. The molecule has 0 spiro atoms. The van der Waals surface area contributed by atoms with Gasteiger partial charge in [0.05, 0.1) is 6.61 Å². The van der Waals surface area contributed by atoms with Crippen molar-refractivity contribution in [1.82, 2.24) is 0 Å². The normalized spacial score (nSPS) is 11.8. The third kappa shape index (κ3) is 3.70. The zero-order valence-corrected chi connectivity index (χ0v) is 11.2. The summed E-state index contributed by atoms with van der Waals surface area (Å²) >= 11 is 5.13. The number of nitrogens with two attached hydrogens (primary N) is 1. The van der Waals surface area contributed by atoms with E-state index in [-0.39, 0.29) is 5.84 Å². The summed E-state index contributed by atoms with van der Waals surface area (Å²) < 4.78 is 5.90. The van der Waals surface area contributed by atoms with E-state index in [1.807, 2.05) is 18.2 Å². The highest BCUT2D eigenvalue weighted by Crippen LogP contribution is 2.28. The maximum Gasteiger partial charge on any atom is 0.170 e. The van der Waals surface area contributed by atoms with Gasteiger partial charge in [0.2, 0.25) is 0 Å². The second-order valence-electron chi connectivity index (χ2n) is 2.97. The largest absolute Gasteiger partial charge is 0.409 e. The van der Waals surface area contributed by atoms with Crippen molar-refractivity contribution in [2.75, 3.05) is 19.5 Å². The molecule has 4 nitrogen and oxygen atoms in total. The van der Waals surface area contributed by atoms with Gasteiger partial charge in [-0.3, -0.25) is 0 Å². The van der Waals surface area contributed by atoms with Crippen molar-refractivity contribution in [3.05, 3.63) is 28.2 Å². The Kier molecular flexibility index (Phi) is 5.65. The first-order valence-corrected chi connectivity index (χ1v) is 6.36. The maximum atomic E-state index is 8.55. The molecule has 88 valence electrons. The molecule has 0 radical (unpaired) electrons. The molecule has 0 aliphatic carbocycles. The van der Waals surface area contributed by atoms with E-state index in [0.29, 0.717) is 12.2 Å². The number of halogens is 1. The van der Waals surface area contributed by atoms with Gasteiger partial charge in [-0.2, -0.15) is 0 Å². The zero-order valence-electron chi connectivity index (χ0n) is 8.81. The van der Waals surface area contributed by atoms with Crippen LogP contribution in [0.2, 0.25) is 0 Å². The number of hydrogen-bond donors (Lipinski definition) is 2. The van der Waals surface area contributed by atoms with Crippen LogP contribution in [0.3, 0.4) is 0 Å². The number of nitrogens with zero attached hydrogens (tertiary/aromatic N) is 1. The van der Waals surface area contributed by atoms with Gasteiger partial charge in [0.15, 0.2) is 5.84 Å². The second kappa shape index (κ2) is 6.78. The molecule has 0 saturated heterocycles. The summed E-state index contributed by atoms with van der Waals surface area (Å²) in [6, 6.07) is 5.57. The molecule has 1 aromatic carbocycles. The third-order valence-electron chi connectivity index (χ3n) is 1.88. The highest BCUT2D eigenvalue weighted by molar-refractivity contribution is 9.10. The molecule has 6 heteroatoms. The SMILES string of the molecule is COCCSc1ccc(/C(N)=N/O)cc1Br. The van der Waals surface area contributed by atoms with Crippen LogP contribution in [0, 0.1) is 0 Å². The zero-order chi connectivity index (χ0) is 12.0. The van der Waals surface area contributed by atoms with Gasteiger partial charge in [-0.15, -0.1) is 11.8 Å². The molecule has 0 aromatic heterocycles. The molecule has 0 saturated carbocycles. The standard InChI is InChI=1S/C10H13BrN2O2S/c1-15-4-5-16-9-3-2-7(6-8(9)11)10(12)13-14/h2-3,6,14H,4-5H2,1H3,(H2,12,13). The van der Waals surface area contributed by atoms with Gasteiger partial charge in [0.25, 0.3) is 0 Å². The number of thioether (sulfide) groups is 1. The van der Waals surface area contributed by atoms with Crippen LogP contribution >= 0.6 is 27.7 Å². The van der Waals surface area contributed by atoms with Gasteiger partial charge in [-0.25, -0.2) is 0 Å². The molecule has 1 rings (SSSR count). The summed E-state index contributed by atoms with van der Waals surface area (Å²) in [5.41, 5.74) is 6.17. The maximum absolute atomic E-state index is 8.55. The Labute approximate surface area is 107 Å². The number of rotatable bonds is 5. The van der Waals surface area contributed by atoms with E-state index in [2.05, 4.69) is 21.1 Å². The van der Waals surface area contributed by atoms with Crippen molar-refractivity contribution in [3.8, 4) is 0 Å². The van der Waals surface area contributed by atoms with Crippen molar-refractivity contribution >= 4 is 33.5 Å². The molecule has 1 aromatic rings. The van der Waals surface area contributed by atoms with Crippen LogP contribution in [-0.2, 0) is 4.74 Å². The van der Waals surface area contributed by atoms with Crippen molar-refractivity contribution in [2.45, 2.75) is 4.90 Å². The average Bonchev–Trinajstić information content (AvgIpc) is 2.30. The summed E-state index contributed by atoms with van der Waals surface area (Å²) in [5.74, 6) is 0.993. The van der Waals surface area contributed by atoms with E-state index < -0.39 is 0 Å². The predicted octanol–water partition coefficient (Wildman–Crippen LogP) is 2.28. The minimum absolute atomic E-state index is 0.106. The van der Waals surface area contributed by atoms with Gasteiger partial charge in [-0.1, -0.05) is 5.16 Å². The molecule has 0 aliphatic heterocycles. The summed E-state index contributed by atoms with van der Waals surface area (Å²) in [4.78, 5) is 1.10. The Morgan fingerprint density at radius 3 is 2.94 bits per heavy atom. The van der Waals surface area contributed by atoms with E-state index in [1.54, 1.807) is 18.9 Å². The van der Waals surface area contributed by atoms with Crippen LogP contribution in [0.1, 0.15) is 5.56 Å². The average molecular weight is 305 g/mol. The smallest absolute Gasteiger partial charge is 0.170 e. The van der Waals surface area contributed by atoms with Crippen LogP contribution in [0.4, 0.5) is 0 Å². The molecular formula is C10H13BrN2O2S. The first-order valence-electron chi connectivity index (χ1n) is 4.58. The number of benzene rings is 1. The van der Waals surface area contributed by atoms with Gasteiger partial charge >= 0.3 is 0 Å². The number of hydrogen-bond acceptors (Lipinski definition) is 4. The molecule has 0 fully saturated rings. The number of methoxy groups -OCH3 is 1. The molecule has 3 N–H and O–H groups in total. The van der Waals surface area contributed by atoms with E-state index in [1.165, 1.54) is 0 Å². The van der Waals surface area contributed by atoms with E-state index in [4.69, 9.17) is 15.7 Å². The Morgan fingerprint density at radius 1 is 1.62 bits per heavy atom. The Morgan fingerprint density at radius 2 is 2.38 bits per heavy atom. The Hall–Kier alpha value is -0.720. The van der Waals surface area contributed by atoms with Crippen molar-refractivity contribution in [1.29, 1.82) is 0 Å². The van der Waals surface area contributed by atoms with Crippen molar-refractivity contribution < 1.29 is 9.94 Å². The highest BCUT2D eigenvalue weighted by atomic mass is 79.9. The monoisotopic (exact) mass is 304 g/mol. The minimum atomic E-state index is 0.106. The fourth-order valence-corrected chi connectivity index (χ4v) is 2.62. The quantitative estimate of drug-likeness (QED) is 0.219. The van der Waals surface area contributed by atoms with Gasteiger partial charge in [0, 0.05) is 27.8 Å². The molecule has 0 unspecified atom stereocenters. The van der Waals surface area contributed by atoms with Crippen LogP contribution in [-0.4, -0.2) is 30.5 Å². The number of amidine groups is 1. The van der Waals surface area contributed by atoms with Crippen molar-refractivity contribution in [3.63, 3.8) is 0 Å². The molecule has 16 heavy (non-hydrogen) atoms. The molecule has 0 heterocycles. The number of oxime groups is 1. The lowest BCUT2D eigenvalue weighted by atomic mass is 10.2. The van der Waals surface area contributed by atoms with E-state index >= 15 is 0 Å². The number of ether oxygens (including phenoxy) is 1. The molecular weight excluding hydrogens is 292 g/mol. The lowest BCUT2D eigenvalue weighted by Crippen LogP contribution is -2.12. The molecule has 0 atom stereocenters. The lowest BCUT2D eigenvalue weighted by molar-refractivity contribution is 0.218. The summed E-state index contributed by atoms with van der Waals surface area (Å²) in [7, 11) is 1.68. The van der Waals surface area contributed by atoms with Crippen LogP contribution in [0.15, 0.2) is 32.7 Å². The summed E-state index contributed by atoms with van der Waals surface area (Å²) in [6.07, 6.45) is 0. The van der Waals surface area contributed by atoms with Gasteiger partial charge < -0.3 is 15.7 Å². The Bertz CT molecular complexity index is 385. The molecule has 0 amide bonds. The first kappa shape index (κ1) is 13.3. The molecule has 0 bridgehead atoms. The Balaban J connectivity index is 2.75. The predicted molar refractivity (Wildman–Crippen MR) is 69.3 cm³/mol.